The molecule has 0 aliphatic heterocycles. The Bertz CT molecular complexity index is 1770. The lowest BCUT2D eigenvalue weighted by Gasteiger charge is -2.09. The van der Waals surface area contributed by atoms with Crippen molar-refractivity contribution in [3.05, 3.63) is 96.2 Å². The number of benzene rings is 2. The van der Waals surface area contributed by atoms with Crippen LogP contribution in [0.5, 0.6) is 5.75 Å². The molecule has 0 saturated carbocycles. The Morgan fingerprint density at radius 2 is 2.09 bits per heavy atom. The molecule has 5 aromatic rings. The molecule has 0 aliphatic carbocycles. The molecule has 2 aromatic carbocycles. The highest BCUT2D eigenvalue weighted by atomic mass is 32.1. The molecule has 0 radical (unpaired) electrons. The zero-order chi connectivity index (χ0) is 23.1. The third-order valence-electron chi connectivity index (χ3n) is 5.30. The third-order valence-corrected chi connectivity index (χ3v) is 6.09. The van der Waals surface area contributed by atoms with Gasteiger partial charge in [0.15, 0.2) is 0 Å². The van der Waals surface area contributed by atoms with Gasteiger partial charge in [0.05, 0.1) is 16.1 Å². The van der Waals surface area contributed by atoms with Crippen molar-refractivity contribution in [3.63, 3.8) is 0 Å². The minimum Gasteiger partial charge on any atom is -0.488 e. The second-order valence-corrected chi connectivity index (χ2v) is 8.19. The van der Waals surface area contributed by atoms with Crippen molar-refractivity contribution in [2.75, 3.05) is 0 Å². The van der Waals surface area contributed by atoms with Gasteiger partial charge in [-0.1, -0.05) is 17.1 Å². The summed E-state index contributed by atoms with van der Waals surface area (Å²) in [6.45, 7) is 3.78. The number of aryl methyl sites for hydroxylation is 1. The molecule has 0 unspecified atom stereocenters. The molecule has 0 saturated heterocycles. The molecule has 33 heavy (non-hydrogen) atoms. The van der Waals surface area contributed by atoms with Gasteiger partial charge < -0.3 is 9.30 Å². The van der Waals surface area contributed by atoms with Crippen LogP contribution in [-0.4, -0.2) is 24.4 Å². The molecule has 0 fully saturated rings. The van der Waals surface area contributed by atoms with Gasteiger partial charge in [0.1, 0.15) is 33.9 Å². The summed E-state index contributed by atoms with van der Waals surface area (Å²) in [7, 11) is 1.88. The van der Waals surface area contributed by atoms with Gasteiger partial charge in [0, 0.05) is 35.8 Å². The lowest BCUT2D eigenvalue weighted by molar-refractivity contribution is 0.303. The Kier molecular flexibility index (Phi) is 5.14. The van der Waals surface area contributed by atoms with Gasteiger partial charge in [-0.3, -0.25) is 15.0 Å². The predicted molar refractivity (Wildman–Crippen MR) is 121 cm³/mol. The van der Waals surface area contributed by atoms with E-state index >= 15 is 0 Å². The van der Waals surface area contributed by atoms with Crippen LogP contribution < -0.4 is 20.9 Å². The third kappa shape index (κ3) is 3.74. The van der Waals surface area contributed by atoms with Gasteiger partial charge >= 0.3 is 0 Å². The topological polar surface area (TPSA) is 88.6 Å². The van der Waals surface area contributed by atoms with Gasteiger partial charge in [0.2, 0.25) is 0 Å². The lowest BCUT2D eigenvalue weighted by Crippen LogP contribution is -2.22. The van der Waals surface area contributed by atoms with E-state index in [9.17, 15) is 13.6 Å². The Morgan fingerprint density at radius 3 is 2.85 bits per heavy atom. The summed E-state index contributed by atoms with van der Waals surface area (Å²) in [6.07, 6.45) is 3.62. The SMILES string of the molecule is C=c1nns/c1=c1\[nH][nH]c(=O)\c1=C/c1cn(C)c2cccc(OCc3ccc(F)cc3F)c12. The van der Waals surface area contributed by atoms with E-state index in [2.05, 4.69) is 26.4 Å². The minimum atomic E-state index is -0.673. The highest BCUT2D eigenvalue weighted by Gasteiger charge is 2.13. The summed E-state index contributed by atoms with van der Waals surface area (Å²) in [5.74, 6) is -0.811. The van der Waals surface area contributed by atoms with E-state index in [1.807, 2.05) is 29.9 Å². The van der Waals surface area contributed by atoms with Crippen molar-refractivity contribution >= 4 is 35.1 Å². The number of hydrogen-bond donors (Lipinski definition) is 2. The summed E-state index contributed by atoms with van der Waals surface area (Å²) in [5.41, 5.74) is 1.53. The van der Waals surface area contributed by atoms with Crippen LogP contribution in [0.2, 0.25) is 0 Å². The monoisotopic (exact) mass is 465 g/mol. The molecule has 0 amide bonds. The Labute approximate surface area is 188 Å². The fourth-order valence-electron chi connectivity index (χ4n) is 3.71. The lowest BCUT2D eigenvalue weighted by atomic mass is 10.1. The summed E-state index contributed by atoms with van der Waals surface area (Å²) in [6, 6.07) is 8.88. The first-order valence-electron chi connectivity index (χ1n) is 9.87. The largest absolute Gasteiger partial charge is 0.488 e. The van der Waals surface area contributed by atoms with Crippen LogP contribution in [0.25, 0.3) is 23.6 Å². The summed E-state index contributed by atoms with van der Waals surface area (Å²) in [5, 5.41) is 11.6. The number of nitrogens with one attached hydrogen (secondary N) is 2. The van der Waals surface area contributed by atoms with Gasteiger partial charge in [-0.05, 0) is 41.9 Å². The van der Waals surface area contributed by atoms with Crippen LogP contribution in [0, 0.1) is 21.5 Å². The maximum absolute atomic E-state index is 14.1. The first-order chi connectivity index (χ1) is 15.9. The minimum absolute atomic E-state index is 0.0764. The highest BCUT2D eigenvalue weighted by molar-refractivity contribution is 7.03. The number of fused-ring (bicyclic) bond motifs is 1. The molecule has 3 aromatic heterocycles. The molecule has 0 bridgehead atoms. The number of aromatic amines is 2. The number of rotatable bonds is 4. The van der Waals surface area contributed by atoms with E-state index in [0.717, 1.165) is 34.1 Å². The first-order valence-corrected chi connectivity index (χ1v) is 10.6. The predicted octanol–water partition coefficient (Wildman–Crippen LogP) is 2.43. The van der Waals surface area contributed by atoms with Gasteiger partial charge in [-0.2, -0.15) is 0 Å². The summed E-state index contributed by atoms with van der Waals surface area (Å²) >= 11 is 1.13. The number of nitrogens with zero attached hydrogens (tertiary/aromatic N) is 3. The van der Waals surface area contributed by atoms with E-state index in [0.29, 0.717) is 26.2 Å². The molecule has 0 aliphatic rings. The van der Waals surface area contributed by atoms with Crippen LogP contribution >= 0.6 is 11.5 Å². The smallest absolute Gasteiger partial charge is 0.271 e. The second-order valence-electron chi connectivity index (χ2n) is 7.43. The molecule has 10 heteroatoms. The normalized spacial score (nSPS) is 13.1. The molecular formula is C23H17F2N5O2S. The molecule has 5 rings (SSSR count). The van der Waals surface area contributed by atoms with E-state index in [-0.39, 0.29) is 17.7 Å². The van der Waals surface area contributed by atoms with Gasteiger partial charge in [-0.25, -0.2) is 8.78 Å². The molecule has 0 atom stereocenters. The summed E-state index contributed by atoms with van der Waals surface area (Å²) in [4.78, 5) is 12.6. The first kappa shape index (κ1) is 20.8. The number of hydrogen-bond acceptors (Lipinski definition) is 5. The molecule has 166 valence electrons. The average Bonchev–Trinajstić information content (AvgIpc) is 3.46. The maximum Gasteiger partial charge on any atom is 0.271 e. The van der Waals surface area contributed by atoms with Crippen LogP contribution in [-0.2, 0) is 13.7 Å². The molecule has 3 heterocycles. The number of aromatic nitrogens is 5. The van der Waals surface area contributed by atoms with Crippen molar-refractivity contribution in [3.8, 4) is 5.75 Å². The number of ether oxygens (including phenoxy) is 1. The Balaban J connectivity index is 1.68. The van der Waals surface area contributed by atoms with E-state index in [1.54, 1.807) is 12.1 Å². The van der Waals surface area contributed by atoms with Crippen molar-refractivity contribution in [1.82, 2.24) is 24.4 Å². The van der Waals surface area contributed by atoms with Crippen molar-refractivity contribution < 1.29 is 13.5 Å². The van der Waals surface area contributed by atoms with E-state index < -0.39 is 11.6 Å². The second kappa shape index (κ2) is 8.14. The highest BCUT2D eigenvalue weighted by Crippen LogP contribution is 2.31. The number of H-pyrrole nitrogens is 2. The number of halogens is 2. The molecule has 7 nitrogen and oxygen atoms in total. The standard InChI is InChI=1S/C23H17F2N5O2S/c1-12-22(33-29-26-12)21-16(23(31)28-27-21)8-14-10-30(2)18-4-3-5-19(20(14)18)32-11-13-6-7-15(24)9-17(13)25/h3-10,27H,1,11H2,2H3,(H,28,31)/b16-8-,22-21-. The van der Waals surface area contributed by atoms with Crippen molar-refractivity contribution in [2.24, 2.45) is 7.05 Å². The fraction of sp³-hybridized carbons (Fsp3) is 0.0870. The molecule has 0 spiro atoms. The van der Waals surface area contributed by atoms with Crippen molar-refractivity contribution in [2.45, 2.75) is 6.61 Å². The van der Waals surface area contributed by atoms with Gasteiger partial charge in [0.25, 0.3) is 5.56 Å². The molecular weight excluding hydrogens is 448 g/mol. The van der Waals surface area contributed by atoms with Crippen LogP contribution in [0.1, 0.15) is 11.1 Å². The van der Waals surface area contributed by atoms with Crippen LogP contribution in [0.3, 0.4) is 0 Å². The fourth-order valence-corrected chi connectivity index (χ4v) is 4.33. The van der Waals surface area contributed by atoms with E-state index in [1.165, 1.54) is 12.1 Å². The average molecular weight is 465 g/mol. The van der Waals surface area contributed by atoms with E-state index in [4.69, 9.17) is 4.74 Å². The van der Waals surface area contributed by atoms with Gasteiger partial charge in [-0.15, -0.1) is 5.10 Å². The zero-order valence-corrected chi connectivity index (χ0v) is 18.2. The zero-order valence-electron chi connectivity index (χ0n) is 17.4. The Morgan fingerprint density at radius 1 is 1.24 bits per heavy atom. The van der Waals surface area contributed by atoms with Crippen LogP contribution in [0.15, 0.2) is 47.4 Å². The van der Waals surface area contributed by atoms with Crippen LogP contribution in [0.4, 0.5) is 8.78 Å². The Hall–Kier alpha value is -4.05. The molecule has 2 N–H and O–H groups in total. The maximum atomic E-state index is 14.1. The summed E-state index contributed by atoms with van der Waals surface area (Å²) < 4.78 is 39.7. The quantitative estimate of drug-likeness (QED) is 0.427. The van der Waals surface area contributed by atoms with Crippen molar-refractivity contribution in [1.29, 1.82) is 0 Å².